The Morgan fingerprint density at radius 3 is 2.87 bits per heavy atom. The first-order valence-corrected chi connectivity index (χ1v) is 5.11. The molecule has 0 aromatic heterocycles. The highest BCUT2D eigenvalue weighted by atomic mass is 19.1. The zero-order chi connectivity index (χ0) is 11.1. The van der Waals surface area contributed by atoms with Crippen molar-refractivity contribution in [3.05, 3.63) is 29.6 Å². The molecule has 1 aromatic carbocycles. The predicted molar refractivity (Wildman–Crippen MR) is 59.1 cm³/mol. The van der Waals surface area contributed by atoms with E-state index in [9.17, 15) is 4.39 Å². The minimum Gasteiger partial charge on any atom is -0.385 e. The Morgan fingerprint density at radius 1 is 1.40 bits per heavy atom. The van der Waals surface area contributed by atoms with E-state index in [2.05, 4.69) is 11.4 Å². The second kappa shape index (κ2) is 6.02. The maximum Gasteiger partial charge on any atom is 0.126 e. The van der Waals surface area contributed by atoms with Crippen molar-refractivity contribution in [3.63, 3.8) is 0 Å². The highest BCUT2D eigenvalue weighted by molar-refractivity contribution is 5.45. The molecule has 1 rings (SSSR count). The Bertz CT molecular complexity index is 355. The first-order valence-electron chi connectivity index (χ1n) is 5.11. The summed E-state index contributed by atoms with van der Waals surface area (Å²) >= 11 is 0. The van der Waals surface area contributed by atoms with Crippen molar-refractivity contribution in [2.45, 2.75) is 26.2 Å². The van der Waals surface area contributed by atoms with Crippen LogP contribution in [-0.2, 0) is 0 Å². The van der Waals surface area contributed by atoms with E-state index >= 15 is 0 Å². The summed E-state index contributed by atoms with van der Waals surface area (Å²) in [5.41, 5.74) is 1.59. The van der Waals surface area contributed by atoms with E-state index in [1.165, 1.54) is 6.07 Å². The molecule has 0 unspecified atom stereocenters. The molecule has 0 radical (unpaired) electrons. The number of anilines is 1. The van der Waals surface area contributed by atoms with Crippen molar-refractivity contribution in [2.24, 2.45) is 0 Å². The van der Waals surface area contributed by atoms with Crippen molar-refractivity contribution in [3.8, 4) is 6.07 Å². The van der Waals surface area contributed by atoms with Crippen LogP contribution in [0.2, 0.25) is 0 Å². The fourth-order valence-electron chi connectivity index (χ4n) is 1.32. The average Bonchev–Trinajstić information content (AvgIpc) is 2.23. The third-order valence-electron chi connectivity index (χ3n) is 2.20. The Kier molecular flexibility index (Phi) is 4.62. The van der Waals surface area contributed by atoms with Crippen LogP contribution in [0.15, 0.2) is 18.2 Å². The average molecular weight is 206 g/mol. The summed E-state index contributed by atoms with van der Waals surface area (Å²) < 4.78 is 12.9. The van der Waals surface area contributed by atoms with Crippen molar-refractivity contribution in [1.82, 2.24) is 0 Å². The van der Waals surface area contributed by atoms with E-state index in [1.807, 2.05) is 0 Å². The summed E-state index contributed by atoms with van der Waals surface area (Å²) in [4.78, 5) is 0. The lowest BCUT2D eigenvalue weighted by atomic mass is 10.2. The molecule has 0 fully saturated rings. The van der Waals surface area contributed by atoms with Gasteiger partial charge in [-0.2, -0.15) is 5.26 Å². The van der Waals surface area contributed by atoms with Gasteiger partial charge in [0.2, 0.25) is 0 Å². The largest absolute Gasteiger partial charge is 0.385 e. The van der Waals surface area contributed by atoms with E-state index < -0.39 is 0 Å². The van der Waals surface area contributed by atoms with E-state index in [0.717, 1.165) is 25.1 Å². The maximum atomic E-state index is 12.9. The molecule has 0 amide bonds. The SMILES string of the molecule is Cc1cc(NCCCCC#N)ccc1F. The summed E-state index contributed by atoms with van der Waals surface area (Å²) in [6.45, 7) is 2.57. The van der Waals surface area contributed by atoms with Crippen LogP contribution < -0.4 is 5.32 Å². The zero-order valence-corrected chi connectivity index (χ0v) is 8.89. The minimum absolute atomic E-state index is 0.176. The molecular formula is C12H15FN2. The normalized spacial score (nSPS) is 9.67. The number of aryl methyl sites for hydroxylation is 1. The molecule has 80 valence electrons. The lowest BCUT2D eigenvalue weighted by Crippen LogP contribution is -2.01. The van der Waals surface area contributed by atoms with Crippen molar-refractivity contribution >= 4 is 5.69 Å². The van der Waals surface area contributed by atoms with Crippen LogP contribution in [0.1, 0.15) is 24.8 Å². The first kappa shape index (κ1) is 11.5. The molecule has 0 spiro atoms. The van der Waals surface area contributed by atoms with Crippen LogP contribution in [0.25, 0.3) is 0 Å². The summed E-state index contributed by atoms with van der Waals surface area (Å²) in [6.07, 6.45) is 2.47. The molecule has 0 aliphatic carbocycles. The highest BCUT2D eigenvalue weighted by Crippen LogP contribution is 2.13. The summed E-state index contributed by atoms with van der Waals surface area (Å²) in [7, 11) is 0. The van der Waals surface area contributed by atoms with Gasteiger partial charge in [-0.05, 0) is 43.5 Å². The van der Waals surface area contributed by atoms with Gasteiger partial charge in [0.05, 0.1) is 6.07 Å². The van der Waals surface area contributed by atoms with Crippen LogP contribution in [-0.4, -0.2) is 6.54 Å². The van der Waals surface area contributed by atoms with E-state index in [0.29, 0.717) is 12.0 Å². The van der Waals surface area contributed by atoms with Crippen LogP contribution in [0.4, 0.5) is 10.1 Å². The quantitative estimate of drug-likeness (QED) is 0.751. The molecule has 3 heteroatoms. The molecule has 0 atom stereocenters. The minimum atomic E-state index is -0.176. The fourth-order valence-corrected chi connectivity index (χ4v) is 1.32. The maximum absolute atomic E-state index is 12.9. The smallest absolute Gasteiger partial charge is 0.126 e. The molecule has 1 aromatic rings. The van der Waals surface area contributed by atoms with Crippen LogP contribution in [0, 0.1) is 24.1 Å². The molecule has 2 nitrogen and oxygen atoms in total. The Balaban J connectivity index is 2.32. The van der Waals surface area contributed by atoms with Crippen LogP contribution >= 0.6 is 0 Å². The van der Waals surface area contributed by atoms with Gasteiger partial charge in [-0.1, -0.05) is 0 Å². The third-order valence-corrected chi connectivity index (χ3v) is 2.20. The van der Waals surface area contributed by atoms with Crippen molar-refractivity contribution in [1.29, 1.82) is 5.26 Å². The molecule has 0 aliphatic rings. The monoisotopic (exact) mass is 206 g/mol. The number of nitriles is 1. The van der Waals surface area contributed by atoms with Gasteiger partial charge in [0.25, 0.3) is 0 Å². The van der Waals surface area contributed by atoms with Gasteiger partial charge in [-0.25, -0.2) is 4.39 Å². The first-order chi connectivity index (χ1) is 7.24. The fraction of sp³-hybridized carbons (Fsp3) is 0.417. The predicted octanol–water partition coefficient (Wildman–Crippen LogP) is 3.24. The van der Waals surface area contributed by atoms with E-state index in [1.54, 1.807) is 19.1 Å². The van der Waals surface area contributed by atoms with Gasteiger partial charge in [0.15, 0.2) is 0 Å². The number of hydrogen-bond donors (Lipinski definition) is 1. The van der Waals surface area contributed by atoms with Gasteiger partial charge in [0.1, 0.15) is 5.82 Å². The van der Waals surface area contributed by atoms with Crippen LogP contribution in [0.5, 0.6) is 0 Å². The van der Waals surface area contributed by atoms with Crippen molar-refractivity contribution < 1.29 is 4.39 Å². The molecule has 0 saturated heterocycles. The van der Waals surface area contributed by atoms with Gasteiger partial charge in [0, 0.05) is 18.7 Å². The Labute approximate surface area is 89.7 Å². The molecule has 15 heavy (non-hydrogen) atoms. The summed E-state index contributed by atoms with van der Waals surface area (Å²) in [5.74, 6) is -0.176. The topological polar surface area (TPSA) is 35.8 Å². The van der Waals surface area contributed by atoms with Crippen LogP contribution in [0.3, 0.4) is 0 Å². The number of unbranched alkanes of at least 4 members (excludes halogenated alkanes) is 2. The number of nitrogens with zero attached hydrogens (tertiary/aromatic N) is 1. The number of rotatable bonds is 5. The second-order valence-corrected chi connectivity index (χ2v) is 3.51. The summed E-state index contributed by atoms with van der Waals surface area (Å²) in [6, 6.07) is 7.09. The van der Waals surface area contributed by atoms with Gasteiger partial charge >= 0.3 is 0 Å². The zero-order valence-electron chi connectivity index (χ0n) is 8.89. The number of hydrogen-bond acceptors (Lipinski definition) is 2. The van der Waals surface area contributed by atoms with Gasteiger partial charge < -0.3 is 5.32 Å². The van der Waals surface area contributed by atoms with Crippen molar-refractivity contribution in [2.75, 3.05) is 11.9 Å². The number of nitrogens with one attached hydrogen (secondary N) is 1. The number of halogens is 1. The molecule has 0 aliphatic heterocycles. The molecule has 0 bridgehead atoms. The Hall–Kier alpha value is -1.56. The molecule has 1 N–H and O–H groups in total. The Morgan fingerprint density at radius 2 is 2.20 bits per heavy atom. The molecule has 0 saturated carbocycles. The van der Waals surface area contributed by atoms with Gasteiger partial charge in [-0.15, -0.1) is 0 Å². The highest BCUT2D eigenvalue weighted by Gasteiger charge is 1.97. The molecule has 0 heterocycles. The molecular weight excluding hydrogens is 191 g/mol. The van der Waals surface area contributed by atoms with E-state index in [-0.39, 0.29) is 5.82 Å². The second-order valence-electron chi connectivity index (χ2n) is 3.51. The lowest BCUT2D eigenvalue weighted by Gasteiger charge is -2.06. The third kappa shape index (κ3) is 3.99. The van der Waals surface area contributed by atoms with E-state index in [4.69, 9.17) is 5.26 Å². The summed E-state index contributed by atoms with van der Waals surface area (Å²) in [5, 5.41) is 11.5. The van der Waals surface area contributed by atoms with Gasteiger partial charge in [-0.3, -0.25) is 0 Å². The number of benzene rings is 1. The standard InChI is InChI=1S/C12H15FN2/c1-10-9-11(5-6-12(10)13)15-8-4-2-3-7-14/h5-6,9,15H,2-4,8H2,1H3. The lowest BCUT2D eigenvalue weighted by molar-refractivity contribution is 0.618.